The molecule has 0 amide bonds. The maximum atomic E-state index is 5.68. The van der Waals surface area contributed by atoms with E-state index >= 15 is 0 Å². The molecular formula is C22H31N3O3. The summed E-state index contributed by atoms with van der Waals surface area (Å²) >= 11 is 0. The number of benzene rings is 2. The van der Waals surface area contributed by atoms with Gasteiger partial charge in [-0.15, -0.1) is 0 Å². The molecule has 0 atom stereocenters. The van der Waals surface area contributed by atoms with Gasteiger partial charge < -0.3 is 24.8 Å². The van der Waals surface area contributed by atoms with Gasteiger partial charge in [0, 0.05) is 20.1 Å². The lowest BCUT2D eigenvalue weighted by Crippen LogP contribution is -2.38. The molecule has 0 fully saturated rings. The third kappa shape index (κ3) is 7.39. The van der Waals surface area contributed by atoms with Crippen molar-refractivity contribution in [2.24, 2.45) is 4.99 Å². The molecule has 0 unspecified atom stereocenters. The predicted molar refractivity (Wildman–Crippen MR) is 114 cm³/mol. The third-order valence-corrected chi connectivity index (χ3v) is 4.23. The second kappa shape index (κ2) is 12.5. The normalized spacial score (nSPS) is 11.0. The number of hydrogen-bond donors (Lipinski definition) is 2. The summed E-state index contributed by atoms with van der Waals surface area (Å²) < 4.78 is 16.3. The Morgan fingerprint density at radius 2 is 1.61 bits per heavy atom. The number of guanidine groups is 1. The highest BCUT2D eigenvalue weighted by molar-refractivity contribution is 5.79. The first-order chi connectivity index (χ1) is 13.8. The fourth-order valence-electron chi connectivity index (χ4n) is 2.74. The lowest BCUT2D eigenvalue weighted by molar-refractivity contribution is 0.311. The van der Waals surface area contributed by atoms with E-state index in [0.29, 0.717) is 6.61 Å². The molecule has 0 spiro atoms. The summed E-state index contributed by atoms with van der Waals surface area (Å²) in [7, 11) is 5.09. The predicted octanol–water partition coefficient (Wildman–Crippen LogP) is 3.27. The fraction of sp³-hybridized carbons (Fsp3) is 0.409. The zero-order valence-corrected chi connectivity index (χ0v) is 17.0. The first-order valence-corrected chi connectivity index (χ1v) is 9.60. The molecule has 0 aliphatic carbocycles. The van der Waals surface area contributed by atoms with Gasteiger partial charge in [-0.05, 0) is 49.1 Å². The second-order valence-electron chi connectivity index (χ2n) is 6.23. The van der Waals surface area contributed by atoms with Crippen LogP contribution < -0.4 is 24.8 Å². The van der Waals surface area contributed by atoms with Crippen LogP contribution in [0.5, 0.6) is 17.2 Å². The number of ether oxygens (including phenoxy) is 3. The smallest absolute Gasteiger partial charge is 0.190 e. The summed E-state index contributed by atoms with van der Waals surface area (Å²) in [5.74, 6) is 3.24. The van der Waals surface area contributed by atoms with Gasteiger partial charge in [0.2, 0.25) is 0 Å². The maximum Gasteiger partial charge on any atom is 0.190 e. The summed E-state index contributed by atoms with van der Waals surface area (Å²) in [6.45, 7) is 2.32. The minimum atomic E-state index is 0.674. The lowest BCUT2D eigenvalue weighted by atomic mass is 10.1. The number of rotatable bonds is 11. The van der Waals surface area contributed by atoms with E-state index < -0.39 is 0 Å². The summed E-state index contributed by atoms with van der Waals surface area (Å²) in [4.78, 5) is 4.26. The van der Waals surface area contributed by atoms with Gasteiger partial charge in [0.15, 0.2) is 17.5 Å². The molecule has 2 N–H and O–H groups in total. The van der Waals surface area contributed by atoms with E-state index in [1.165, 1.54) is 5.56 Å². The van der Waals surface area contributed by atoms with E-state index in [-0.39, 0.29) is 0 Å². The Balaban J connectivity index is 1.60. The molecule has 28 heavy (non-hydrogen) atoms. The minimum Gasteiger partial charge on any atom is -0.494 e. The number of nitrogens with zero attached hydrogens (tertiary/aromatic N) is 1. The number of methoxy groups -OCH3 is 2. The highest BCUT2D eigenvalue weighted by Gasteiger charge is 2.04. The summed E-state index contributed by atoms with van der Waals surface area (Å²) in [6.07, 6.45) is 2.85. The van der Waals surface area contributed by atoms with Crippen LogP contribution in [0.1, 0.15) is 18.4 Å². The molecule has 6 heteroatoms. The average Bonchev–Trinajstić information content (AvgIpc) is 2.75. The SMILES string of the molecule is CN=C(NCCCOc1ccccc1)NCCCc1ccc(OC)c(OC)c1. The van der Waals surface area contributed by atoms with Gasteiger partial charge in [-0.25, -0.2) is 0 Å². The molecule has 0 bridgehead atoms. The van der Waals surface area contributed by atoms with Crippen LogP contribution in [0.25, 0.3) is 0 Å². The second-order valence-corrected chi connectivity index (χ2v) is 6.23. The van der Waals surface area contributed by atoms with Crippen molar-refractivity contribution in [1.29, 1.82) is 0 Å². The van der Waals surface area contributed by atoms with Gasteiger partial charge in [-0.2, -0.15) is 0 Å². The molecule has 0 heterocycles. The molecule has 6 nitrogen and oxygen atoms in total. The Bertz CT molecular complexity index is 720. The van der Waals surface area contributed by atoms with Crippen molar-refractivity contribution in [3.63, 3.8) is 0 Å². The fourth-order valence-corrected chi connectivity index (χ4v) is 2.74. The quantitative estimate of drug-likeness (QED) is 0.353. The minimum absolute atomic E-state index is 0.674. The lowest BCUT2D eigenvalue weighted by Gasteiger charge is -2.13. The molecule has 0 saturated carbocycles. The van der Waals surface area contributed by atoms with Crippen LogP contribution in [0.2, 0.25) is 0 Å². The van der Waals surface area contributed by atoms with E-state index in [1.807, 2.05) is 42.5 Å². The standard InChI is InChI=1S/C22H31N3O3/c1-23-22(25-15-8-16-28-19-10-5-4-6-11-19)24-14-7-9-18-12-13-20(26-2)21(17-18)27-3/h4-6,10-13,17H,7-9,14-16H2,1-3H3,(H2,23,24,25). The molecule has 2 rings (SSSR count). The van der Waals surface area contributed by atoms with Crippen molar-refractivity contribution >= 4 is 5.96 Å². The molecule has 2 aromatic rings. The van der Waals surface area contributed by atoms with E-state index in [2.05, 4.69) is 21.7 Å². The van der Waals surface area contributed by atoms with E-state index in [4.69, 9.17) is 14.2 Å². The Hall–Kier alpha value is -2.89. The molecule has 152 valence electrons. The van der Waals surface area contributed by atoms with E-state index in [1.54, 1.807) is 21.3 Å². The molecule has 0 aliphatic rings. The van der Waals surface area contributed by atoms with Gasteiger partial charge in [0.05, 0.1) is 20.8 Å². The first-order valence-electron chi connectivity index (χ1n) is 9.60. The summed E-state index contributed by atoms with van der Waals surface area (Å²) in [5.41, 5.74) is 1.22. The Morgan fingerprint density at radius 3 is 2.29 bits per heavy atom. The van der Waals surface area contributed by atoms with Crippen molar-refractivity contribution in [1.82, 2.24) is 10.6 Å². The van der Waals surface area contributed by atoms with Crippen LogP contribution in [-0.4, -0.2) is 46.9 Å². The maximum absolute atomic E-state index is 5.68. The monoisotopic (exact) mass is 385 g/mol. The summed E-state index contributed by atoms with van der Waals surface area (Å²) in [6, 6.07) is 15.9. The molecule has 0 aromatic heterocycles. The Labute approximate surface area is 167 Å². The van der Waals surface area contributed by atoms with Crippen LogP contribution in [0.3, 0.4) is 0 Å². The molecule has 0 aliphatic heterocycles. The molecule has 0 radical (unpaired) electrons. The van der Waals surface area contributed by atoms with Crippen LogP contribution in [0, 0.1) is 0 Å². The average molecular weight is 386 g/mol. The highest BCUT2D eigenvalue weighted by Crippen LogP contribution is 2.27. The molecular weight excluding hydrogens is 354 g/mol. The van der Waals surface area contributed by atoms with Gasteiger partial charge in [-0.3, -0.25) is 4.99 Å². The highest BCUT2D eigenvalue weighted by atomic mass is 16.5. The number of aliphatic imine (C=N–C) groups is 1. The largest absolute Gasteiger partial charge is 0.494 e. The van der Waals surface area contributed by atoms with Crippen LogP contribution >= 0.6 is 0 Å². The zero-order chi connectivity index (χ0) is 20.0. The van der Waals surface area contributed by atoms with Crippen molar-refractivity contribution in [3.05, 3.63) is 54.1 Å². The van der Waals surface area contributed by atoms with E-state index in [0.717, 1.165) is 55.6 Å². The third-order valence-electron chi connectivity index (χ3n) is 4.23. The van der Waals surface area contributed by atoms with Gasteiger partial charge in [-0.1, -0.05) is 24.3 Å². The zero-order valence-electron chi connectivity index (χ0n) is 17.0. The first kappa shape index (κ1) is 21.4. The number of nitrogens with one attached hydrogen (secondary N) is 2. The van der Waals surface area contributed by atoms with Crippen molar-refractivity contribution < 1.29 is 14.2 Å². The van der Waals surface area contributed by atoms with Gasteiger partial charge in [0.25, 0.3) is 0 Å². The number of hydrogen-bond acceptors (Lipinski definition) is 4. The molecule has 0 saturated heterocycles. The molecule has 2 aromatic carbocycles. The number of para-hydroxylation sites is 1. The van der Waals surface area contributed by atoms with Crippen molar-refractivity contribution in [3.8, 4) is 17.2 Å². The van der Waals surface area contributed by atoms with Gasteiger partial charge in [0.1, 0.15) is 5.75 Å². The number of aryl methyl sites for hydroxylation is 1. The topological polar surface area (TPSA) is 64.1 Å². The Kier molecular flexibility index (Phi) is 9.55. The van der Waals surface area contributed by atoms with Crippen LogP contribution in [0.4, 0.5) is 0 Å². The van der Waals surface area contributed by atoms with E-state index in [9.17, 15) is 0 Å². The van der Waals surface area contributed by atoms with Gasteiger partial charge >= 0.3 is 0 Å². The van der Waals surface area contributed by atoms with Crippen LogP contribution in [0.15, 0.2) is 53.5 Å². The van der Waals surface area contributed by atoms with Crippen molar-refractivity contribution in [2.75, 3.05) is 41.0 Å². The summed E-state index contributed by atoms with van der Waals surface area (Å²) in [5, 5.41) is 6.65. The Morgan fingerprint density at radius 1 is 0.893 bits per heavy atom. The van der Waals surface area contributed by atoms with Crippen LogP contribution in [-0.2, 0) is 6.42 Å². The van der Waals surface area contributed by atoms with Crippen molar-refractivity contribution in [2.45, 2.75) is 19.3 Å².